The molecule has 0 bridgehead atoms. The van der Waals surface area contributed by atoms with Crippen LogP contribution in [0.25, 0.3) is 0 Å². The molecule has 1 aromatic carbocycles. The van der Waals surface area contributed by atoms with Gasteiger partial charge in [0.25, 0.3) is 0 Å². The van der Waals surface area contributed by atoms with Crippen molar-refractivity contribution < 1.29 is 9.53 Å². The number of rotatable bonds is 6. The van der Waals surface area contributed by atoms with Crippen molar-refractivity contribution in [2.45, 2.75) is 37.1 Å². The lowest BCUT2D eigenvalue weighted by molar-refractivity contribution is -0.115. The molecule has 0 aliphatic carbocycles. The van der Waals surface area contributed by atoms with Gasteiger partial charge in [0, 0.05) is 10.9 Å². The maximum absolute atomic E-state index is 12.3. The van der Waals surface area contributed by atoms with Crippen LogP contribution in [0.1, 0.15) is 32.5 Å². The molecule has 1 atom stereocenters. The summed E-state index contributed by atoms with van der Waals surface area (Å²) in [6, 6.07) is 5.06. The van der Waals surface area contributed by atoms with E-state index in [4.69, 9.17) is 16.3 Å². The number of methoxy groups -OCH3 is 1. The number of ether oxygens (including phenoxy) is 1. The van der Waals surface area contributed by atoms with Gasteiger partial charge in [0.15, 0.2) is 0 Å². The number of amides is 1. The van der Waals surface area contributed by atoms with Gasteiger partial charge in [-0.3, -0.25) is 9.89 Å². The van der Waals surface area contributed by atoms with Crippen molar-refractivity contribution in [2.75, 3.05) is 12.4 Å². The molecule has 0 fully saturated rings. The number of hydrogen-bond donors (Lipinski definition) is 2. The van der Waals surface area contributed by atoms with Crippen LogP contribution >= 0.6 is 23.4 Å². The predicted molar refractivity (Wildman–Crippen MR) is 92.4 cm³/mol. The highest BCUT2D eigenvalue weighted by atomic mass is 35.5. The van der Waals surface area contributed by atoms with Gasteiger partial charge in [-0.25, -0.2) is 4.98 Å². The number of hydrogen-bond acceptors (Lipinski definition) is 5. The second-order valence-corrected chi connectivity index (χ2v) is 7.00. The third-order valence-electron chi connectivity index (χ3n) is 3.10. The van der Waals surface area contributed by atoms with Crippen LogP contribution < -0.4 is 10.1 Å². The molecule has 23 heavy (non-hydrogen) atoms. The fourth-order valence-electron chi connectivity index (χ4n) is 1.79. The van der Waals surface area contributed by atoms with Gasteiger partial charge in [0.2, 0.25) is 11.1 Å². The SMILES string of the molecule is COc1ccc(Cl)cc1NC(=O)C(C)Sc1n[nH]c(C(C)C)n1. The first-order valence-electron chi connectivity index (χ1n) is 7.14. The molecular formula is C15H19ClN4O2S. The molecule has 2 aromatic rings. The summed E-state index contributed by atoms with van der Waals surface area (Å²) in [6.07, 6.45) is 0. The number of aromatic nitrogens is 3. The second-order valence-electron chi connectivity index (χ2n) is 5.25. The summed E-state index contributed by atoms with van der Waals surface area (Å²) in [5, 5.41) is 10.5. The average molecular weight is 355 g/mol. The fraction of sp³-hybridized carbons (Fsp3) is 0.400. The van der Waals surface area contributed by atoms with Gasteiger partial charge in [0.1, 0.15) is 11.6 Å². The second kappa shape index (κ2) is 7.70. The molecule has 2 N–H and O–H groups in total. The standard InChI is InChI=1S/C15H19ClN4O2S/c1-8(2)13-18-15(20-19-13)23-9(3)14(21)17-11-7-10(16)5-6-12(11)22-4/h5-9H,1-4H3,(H,17,21)(H,18,19,20). The molecule has 0 saturated heterocycles. The molecule has 1 amide bonds. The molecule has 2 rings (SSSR count). The molecule has 0 saturated carbocycles. The van der Waals surface area contributed by atoms with E-state index in [1.54, 1.807) is 25.1 Å². The Kier molecular flexibility index (Phi) is 5.90. The van der Waals surface area contributed by atoms with Crippen LogP contribution in [-0.4, -0.2) is 33.4 Å². The molecule has 0 aliphatic rings. The van der Waals surface area contributed by atoms with E-state index in [1.165, 1.54) is 18.9 Å². The third-order valence-corrected chi connectivity index (χ3v) is 4.30. The summed E-state index contributed by atoms with van der Waals surface area (Å²) in [5.41, 5.74) is 0.537. The Bertz CT molecular complexity index is 690. The smallest absolute Gasteiger partial charge is 0.237 e. The number of thioether (sulfide) groups is 1. The van der Waals surface area contributed by atoms with E-state index in [9.17, 15) is 4.79 Å². The van der Waals surface area contributed by atoms with E-state index >= 15 is 0 Å². The van der Waals surface area contributed by atoms with Crippen molar-refractivity contribution in [1.82, 2.24) is 15.2 Å². The lowest BCUT2D eigenvalue weighted by Gasteiger charge is -2.13. The van der Waals surface area contributed by atoms with E-state index in [1.807, 2.05) is 13.8 Å². The summed E-state index contributed by atoms with van der Waals surface area (Å²) in [6.45, 7) is 5.84. The van der Waals surface area contributed by atoms with Gasteiger partial charge in [-0.05, 0) is 25.1 Å². The summed E-state index contributed by atoms with van der Waals surface area (Å²) >= 11 is 7.25. The normalized spacial score (nSPS) is 12.3. The number of carbonyl (C=O) groups excluding carboxylic acids is 1. The quantitative estimate of drug-likeness (QED) is 0.773. The summed E-state index contributed by atoms with van der Waals surface area (Å²) in [4.78, 5) is 16.7. The van der Waals surface area contributed by atoms with Crippen LogP contribution in [0.2, 0.25) is 5.02 Å². The number of aromatic amines is 1. The molecule has 1 unspecified atom stereocenters. The van der Waals surface area contributed by atoms with Gasteiger partial charge in [-0.2, -0.15) is 0 Å². The Morgan fingerprint density at radius 2 is 2.13 bits per heavy atom. The topological polar surface area (TPSA) is 79.9 Å². The summed E-state index contributed by atoms with van der Waals surface area (Å²) in [5.74, 6) is 1.44. The number of carbonyl (C=O) groups is 1. The molecular weight excluding hydrogens is 336 g/mol. The molecule has 0 aliphatic heterocycles. The lowest BCUT2D eigenvalue weighted by Crippen LogP contribution is -2.22. The largest absolute Gasteiger partial charge is 0.495 e. The number of anilines is 1. The van der Waals surface area contributed by atoms with Crippen molar-refractivity contribution in [1.29, 1.82) is 0 Å². The molecule has 8 heteroatoms. The first-order valence-corrected chi connectivity index (χ1v) is 8.39. The van der Waals surface area contributed by atoms with Crippen molar-refractivity contribution in [3.05, 3.63) is 29.0 Å². The first kappa shape index (κ1) is 17.6. The van der Waals surface area contributed by atoms with Crippen molar-refractivity contribution >= 4 is 35.0 Å². The molecule has 1 aromatic heterocycles. The zero-order valence-electron chi connectivity index (χ0n) is 13.4. The Balaban J connectivity index is 2.03. The minimum Gasteiger partial charge on any atom is -0.495 e. The van der Waals surface area contributed by atoms with Crippen LogP contribution in [0, 0.1) is 0 Å². The van der Waals surface area contributed by atoms with Crippen LogP contribution in [-0.2, 0) is 4.79 Å². The maximum atomic E-state index is 12.3. The molecule has 0 spiro atoms. The summed E-state index contributed by atoms with van der Waals surface area (Å²) in [7, 11) is 1.54. The van der Waals surface area contributed by atoms with Crippen molar-refractivity contribution in [3.8, 4) is 5.75 Å². The number of halogens is 1. The van der Waals surface area contributed by atoms with Crippen molar-refractivity contribution in [3.63, 3.8) is 0 Å². The van der Waals surface area contributed by atoms with Crippen LogP contribution in [0.4, 0.5) is 5.69 Å². The zero-order valence-corrected chi connectivity index (χ0v) is 15.0. The number of nitrogens with zero attached hydrogens (tertiary/aromatic N) is 2. The zero-order chi connectivity index (χ0) is 17.0. The highest BCUT2D eigenvalue weighted by Gasteiger charge is 2.19. The Labute approximate surface area is 144 Å². The Hall–Kier alpha value is -1.73. The van der Waals surface area contributed by atoms with E-state index in [-0.39, 0.29) is 17.1 Å². The van der Waals surface area contributed by atoms with E-state index in [0.717, 1.165) is 5.82 Å². The molecule has 1 heterocycles. The number of benzene rings is 1. The molecule has 0 radical (unpaired) electrons. The fourth-order valence-corrected chi connectivity index (χ4v) is 2.70. The van der Waals surface area contributed by atoms with Crippen LogP contribution in [0.15, 0.2) is 23.4 Å². The highest BCUT2D eigenvalue weighted by molar-refractivity contribution is 8.00. The third kappa shape index (κ3) is 4.62. The average Bonchev–Trinajstić information content (AvgIpc) is 2.96. The van der Waals surface area contributed by atoms with E-state index in [0.29, 0.717) is 21.6 Å². The van der Waals surface area contributed by atoms with E-state index in [2.05, 4.69) is 20.5 Å². The lowest BCUT2D eigenvalue weighted by atomic mass is 10.2. The van der Waals surface area contributed by atoms with Crippen LogP contribution in [0.3, 0.4) is 0 Å². The number of H-pyrrole nitrogens is 1. The Morgan fingerprint density at radius 1 is 1.39 bits per heavy atom. The van der Waals surface area contributed by atoms with Gasteiger partial charge in [0.05, 0.1) is 18.0 Å². The maximum Gasteiger partial charge on any atom is 0.237 e. The summed E-state index contributed by atoms with van der Waals surface area (Å²) < 4.78 is 5.22. The Morgan fingerprint density at radius 3 is 2.74 bits per heavy atom. The highest BCUT2D eigenvalue weighted by Crippen LogP contribution is 2.29. The van der Waals surface area contributed by atoms with Crippen molar-refractivity contribution in [2.24, 2.45) is 0 Å². The molecule has 6 nitrogen and oxygen atoms in total. The minimum absolute atomic E-state index is 0.175. The van der Waals surface area contributed by atoms with Gasteiger partial charge >= 0.3 is 0 Å². The van der Waals surface area contributed by atoms with Gasteiger partial charge in [-0.1, -0.05) is 37.2 Å². The van der Waals surface area contributed by atoms with Gasteiger partial charge in [-0.15, -0.1) is 5.10 Å². The number of nitrogens with one attached hydrogen (secondary N) is 2. The monoisotopic (exact) mass is 354 g/mol. The predicted octanol–water partition coefficient (Wildman–Crippen LogP) is 3.71. The first-order chi connectivity index (χ1) is 10.9. The van der Waals surface area contributed by atoms with Gasteiger partial charge < -0.3 is 10.1 Å². The molecule has 124 valence electrons. The van der Waals surface area contributed by atoms with E-state index < -0.39 is 0 Å². The van der Waals surface area contributed by atoms with Crippen LogP contribution in [0.5, 0.6) is 5.75 Å². The minimum atomic E-state index is -0.366.